The molecule has 9 nitrogen and oxygen atoms in total. The lowest BCUT2D eigenvalue weighted by atomic mass is 9.83. The Morgan fingerprint density at radius 1 is 0.812 bits per heavy atom. The number of allylic oxidation sites excluding steroid dienone is 3. The first kappa shape index (κ1) is 32.4. The zero-order chi connectivity index (χ0) is 34.4. The van der Waals surface area contributed by atoms with Gasteiger partial charge in [-0.15, -0.1) is 0 Å². The summed E-state index contributed by atoms with van der Waals surface area (Å²) in [5, 5.41) is 63.7. The van der Waals surface area contributed by atoms with Crippen LogP contribution in [0.4, 0.5) is 0 Å². The molecular formula is C39H38O9. The number of carbonyl (C=O) groups excluding carboxylic acids is 1. The quantitative estimate of drug-likeness (QED) is 0.104. The first-order valence-electron chi connectivity index (χ1n) is 15.7. The number of Topliss-reactive ketones (excluding diaryl/α,β-unsaturated/α-hetero) is 1. The summed E-state index contributed by atoms with van der Waals surface area (Å²) in [7, 11) is 0. The minimum atomic E-state index is -0.984. The number of rotatable bonds is 8. The Morgan fingerprint density at radius 3 is 2.15 bits per heavy atom. The lowest BCUT2D eigenvalue weighted by molar-refractivity contribution is 0.0838. The Hall–Kier alpha value is -5.57. The van der Waals surface area contributed by atoms with Gasteiger partial charge in [0.2, 0.25) is 0 Å². The molecule has 0 aromatic heterocycles. The third kappa shape index (κ3) is 6.11. The average molecular weight is 651 g/mol. The van der Waals surface area contributed by atoms with Gasteiger partial charge in [-0.1, -0.05) is 35.9 Å². The van der Waals surface area contributed by atoms with Crippen molar-refractivity contribution in [3.8, 4) is 46.0 Å². The lowest BCUT2D eigenvalue weighted by Gasteiger charge is -2.30. The lowest BCUT2D eigenvalue weighted by Crippen LogP contribution is -2.22. The fourth-order valence-electron chi connectivity index (χ4n) is 6.63. The standard InChI is InChI=1S/C39H38O9/c1-19(2)5-6-22(20(3)4)13-28-30(43)16-32(45)37-33(46)18-34(48-39(28)37)27-15-29-35(17-31(27)44)47-38(21-7-9-24(40)10-8-21)36(29)23-11-25(41)14-26(42)12-23/h5,7-12,14-17,22,34,36,38,40-45H,3,6,13,18H2,1-2,4H3. The molecule has 0 saturated heterocycles. The molecule has 0 radical (unpaired) electrons. The average Bonchev–Trinajstić information content (AvgIpc) is 3.37. The predicted molar refractivity (Wildman–Crippen MR) is 179 cm³/mol. The van der Waals surface area contributed by atoms with Crippen LogP contribution in [0.2, 0.25) is 0 Å². The van der Waals surface area contributed by atoms with E-state index in [1.165, 1.54) is 36.4 Å². The summed E-state index contributed by atoms with van der Waals surface area (Å²) >= 11 is 0. The summed E-state index contributed by atoms with van der Waals surface area (Å²) in [5.41, 5.74) is 4.48. The van der Waals surface area contributed by atoms with Crippen LogP contribution in [0.25, 0.3) is 0 Å². The van der Waals surface area contributed by atoms with Crippen molar-refractivity contribution >= 4 is 5.78 Å². The highest BCUT2D eigenvalue weighted by atomic mass is 16.5. The van der Waals surface area contributed by atoms with Crippen LogP contribution in [0.3, 0.4) is 0 Å². The molecule has 4 atom stereocenters. The number of phenols is 6. The molecule has 4 unspecified atom stereocenters. The number of fused-ring (bicyclic) bond motifs is 2. The van der Waals surface area contributed by atoms with E-state index in [0.717, 1.165) is 17.2 Å². The summed E-state index contributed by atoms with van der Waals surface area (Å²) in [5.74, 6) is -1.68. The number of carbonyl (C=O) groups is 1. The Kier molecular flexibility index (Phi) is 8.47. The maximum atomic E-state index is 13.6. The summed E-state index contributed by atoms with van der Waals surface area (Å²) in [6, 6.07) is 15.0. The van der Waals surface area contributed by atoms with Crippen molar-refractivity contribution in [1.82, 2.24) is 0 Å². The molecular weight excluding hydrogens is 612 g/mol. The largest absolute Gasteiger partial charge is 0.508 e. The van der Waals surface area contributed by atoms with E-state index in [4.69, 9.17) is 9.47 Å². The second kappa shape index (κ2) is 12.6. The molecule has 2 aliphatic heterocycles. The Bertz CT molecular complexity index is 1930. The van der Waals surface area contributed by atoms with Crippen LogP contribution in [0, 0.1) is 5.92 Å². The normalized spacial score (nSPS) is 18.6. The van der Waals surface area contributed by atoms with E-state index < -0.39 is 29.7 Å². The molecule has 4 aromatic carbocycles. The van der Waals surface area contributed by atoms with Gasteiger partial charge in [0.25, 0.3) is 0 Å². The molecule has 6 rings (SSSR count). The Labute approximate surface area is 278 Å². The van der Waals surface area contributed by atoms with Crippen LogP contribution in [0.5, 0.6) is 46.0 Å². The SMILES string of the molecule is C=C(C)C(CC=C(C)C)Cc1c(O)cc(O)c2c1OC(c1cc3c(cc1O)OC(c1ccc(O)cc1)C3c1cc(O)cc(O)c1)CC2=O. The van der Waals surface area contributed by atoms with Crippen molar-refractivity contribution in [2.75, 3.05) is 0 Å². The molecule has 2 heterocycles. The highest BCUT2D eigenvalue weighted by Gasteiger charge is 2.41. The highest BCUT2D eigenvalue weighted by molar-refractivity contribution is 6.03. The van der Waals surface area contributed by atoms with Crippen LogP contribution < -0.4 is 9.47 Å². The van der Waals surface area contributed by atoms with E-state index in [-0.39, 0.29) is 58.0 Å². The molecule has 4 aromatic rings. The van der Waals surface area contributed by atoms with Gasteiger partial charge < -0.3 is 40.1 Å². The van der Waals surface area contributed by atoms with E-state index in [1.807, 2.05) is 20.8 Å². The third-order valence-electron chi connectivity index (χ3n) is 9.11. The number of hydrogen-bond acceptors (Lipinski definition) is 9. The van der Waals surface area contributed by atoms with Gasteiger partial charge in [-0.3, -0.25) is 4.79 Å². The van der Waals surface area contributed by atoms with Gasteiger partial charge in [-0.05, 0) is 81.0 Å². The predicted octanol–water partition coefficient (Wildman–Crippen LogP) is 7.98. The maximum Gasteiger partial charge on any atom is 0.174 e. The topological polar surface area (TPSA) is 157 Å². The maximum absolute atomic E-state index is 13.6. The molecule has 0 amide bonds. The highest BCUT2D eigenvalue weighted by Crippen LogP contribution is 2.54. The Balaban J connectivity index is 1.44. The van der Waals surface area contributed by atoms with Gasteiger partial charge in [0.05, 0.1) is 12.3 Å². The van der Waals surface area contributed by atoms with Crippen molar-refractivity contribution < 1.29 is 44.9 Å². The van der Waals surface area contributed by atoms with Crippen molar-refractivity contribution in [1.29, 1.82) is 0 Å². The van der Waals surface area contributed by atoms with Crippen LogP contribution in [0.15, 0.2) is 84.5 Å². The van der Waals surface area contributed by atoms with Crippen molar-refractivity contribution in [2.45, 2.75) is 58.2 Å². The summed E-state index contributed by atoms with van der Waals surface area (Å²) < 4.78 is 12.8. The van der Waals surface area contributed by atoms with Crippen molar-refractivity contribution in [3.05, 3.63) is 118 Å². The van der Waals surface area contributed by atoms with E-state index in [2.05, 4.69) is 12.7 Å². The van der Waals surface area contributed by atoms with Gasteiger partial charge in [-0.25, -0.2) is 0 Å². The first-order chi connectivity index (χ1) is 22.8. The van der Waals surface area contributed by atoms with Gasteiger partial charge in [0.1, 0.15) is 63.8 Å². The molecule has 2 aliphatic rings. The summed E-state index contributed by atoms with van der Waals surface area (Å²) in [6.45, 7) is 10.0. The number of benzene rings is 4. The summed E-state index contributed by atoms with van der Waals surface area (Å²) in [6.07, 6.45) is 1.20. The second-order valence-electron chi connectivity index (χ2n) is 12.9. The van der Waals surface area contributed by atoms with Crippen LogP contribution in [-0.4, -0.2) is 36.4 Å². The number of ether oxygens (including phenoxy) is 2. The molecule has 0 fully saturated rings. The molecule has 0 spiro atoms. The minimum Gasteiger partial charge on any atom is -0.508 e. The third-order valence-corrected chi connectivity index (χ3v) is 9.11. The second-order valence-corrected chi connectivity index (χ2v) is 12.9. The first-order valence-corrected chi connectivity index (χ1v) is 15.7. The number of hydrogen-bond donors (Lipinski definition) is 6. The molecule has 9 heteroatoms. The zero-order valence-electron chi connectivity index (χ0n) is 26.9. The molecule has 0 saturated carbocycles. The molecule has 6 N–H and O–H groups in total. The monoisotopic (exact) mass is 650 g/mol. The molecule has 48 heavy (non-hydrogen) atoms. The van der Waals surface area contributed by atoms with E-state index in [9.17, 15) is 35.4 Å². The van der Waals surface area contributed by atoms with E-state index in [1.54, 1.807) is 18.2 Å². The molecule has 248 valence electrons. The number of aromatic hydroxyl groups is 6. The molecule has 0 bridgehead atoms. The van der Waals surface area contributed by atoms with Gasteiger partial charge in [-0.2, -0.15) is 0 Å². The van der Waals surface area contributed by atoms with Gasteiger partial charge >= 0.3 is 0 Å². The Morgan fingerprint density at radius 2 is 1.50 bits per heavy atom. The van der Waals surface area contributed by atoms with Crippen LogP contribution >= 0.6 is 0 Å². The number of phenolic OH excluding ortho intramolecular Hbond substituents is 6. The summed E-state index contributed by atoms with van der Waals surface area (Å²) in [4.78, 5) is 13.6. The van der Waals surface area contributed by atoms with Crippen LogP contribution in [0.1, 0.15) is 89.9 Å². The van der Waals surface area contributed by atoms with Crippen molar-refractivity contribution in [3.63, 3.8) is 0 Å². The molecule has 0 aliphatic carbocycles. The zero-order valence-corrected chi connectivity index (χ0v) is 26.9. The minimum absolute atomic E-state index is 0.0220. The number of ketones is 1. The van der Waals surface area contributed by atoms with Gasteiger partial charge in [0, 0.05) is 34.9 Å². The smallest absolute Gasteiger partial charge is 0.174 e. The fraction of sp³-hybridized carbons (Fsp3) is 0.256. The van der Waals surface area contributed by atoms with Crippen LogP contribution in [-0.2, 0) is 6.42 Å². The van der Waals surface area contributed by atoms with Crippen molar-refractivity contribution in [2.24, 2.45) is 5.92 Å². The fourth-order valence-corrected chi connectivity index (χ4v) is 6.63. The van der Waals surface area contributed by atoms with E-state index in [0.29, 0.717) is 40.8 Å². The van der Waals surface area contributed by atoms with E-state index >= 15 is 0 Å². The van der Waals surface area contributed by atoms with Gasteiger partial charge in [0.15, 0.2) is 5.78 Å².